The molecule has 4 rings (SSSR count). The Hall–Kier alpha value is -2.28. The molecule has 1 aliphatic rings. The molecule has 0 saturated carbocycles. The number of aryl methyl sites for hydroxylation is 3. The summed E-state index contributed by atoms with van der Waals surface area (Å²) in [4.78, 5) is 21.9. The van der Waals surface area contributed by atoms with Crippen LogP contribution in [-0.2, 0) is 4.74 Å². The molecule has 1 saturated heterocycles. The number of quaternary nitrogens is 1. The van der Waals surface area contributed by atoms with E-state index in [1.165, 1.54) is 5.56 Å². The van der Waals surface area contributed by atoms with Crippen molar-refractivity contribution in [2.24, 2.45) is 0 Å². The zero-order valence-electron chi connectivity index (χ0n) is 18.0. The van der Waals surface area contributed by atoms with Crippen molar-refractivity contribution in [3.8, 4) is 0 Å². The highest BCUT2D eigenvalue weighted by Gasteiger charge is 2.24. The summed E-state index contributed by atoms with van der Waals surface area (Å²) in [6.45, 7) is 11.6. The Morgan fingerprint density at radius 1 is 1.13 bits per heavy atom. The van der Waals surface area contributed by atoms with Crippen molar-refractivity contribution in [1.29, 1.82) is 0 Å². The van der Waals surface area contributed by atoms with Crippen LogP contribution >= 0.6 is 11.3 Å². The van der Waals surface area contributed by atoms with Crippen LogP contribution in [0.2, 0.25) is 0 Å². The number of carbonyl (C=O) groups excluding carboxylic acids is 1. The number of anilines is 1. The molecule has 30 heavy (non-hydrogen) atoms. The number of benzene rings is 2. The lowest BCUT2D eigenvalue weighted by Crippen LogP contribution is -3.14. The number of nitrogens with zero attached hydrogens (tertiary/aromatic N) is 2. The third-order valence-electron chi connectivity index (χ3n) is 5.81. The molecular formula is C24H30N3O2S+. The van der Waals surface area contributed by atoms with Crippen LogP contribution in [0.3, 0.4) is 0 Å². The molecular weight excluding hydrogens is 394 g/mol. The first kappa shape index (κ1) is 21.0. The van der Waals surface area contributed by atoms with Gasteiger partial charge in [-0.05, 0) is 44.0 Å². The van der Waals surface area contributed by atoms with Crippen LogP contribution in [0.1, 0.15) is 33.5 Å². The largest absolute Gasteiger partial charge is 0.370 e. The van der Waals surface area contributed by atoms with Crippen molar-refractivity contribution >= 4 is 32.6 Å². The highest BCUT2D eigenvalue weighted by atomic mass is 32.1. The Kier molecular flexibility index (Phi) is 6.46. The predicted octanol–water partition coefficient (Wildman–Crippen LogP) is 3.17. The molecule has 158 valence electrons. The van der Waals surface area contributed by atoms with E-state index in [9.17, 15) is 4.79 Å². The normalized spacial score (nSPS) is 14.9. The third kappa shape index (κ3) is 4.56. The summed E-state index contributed by atoms with van der Waals surface area (Å²) < 4.78 is 6.59. The number of amides is 1. The van der Waals surface area contributed by atoms with Gasteiger partial charge in [-0.2, -0.15) is 0 Å². The highest BCUT2D eigenvalue weighted by Crippen LogP contribution is 2.31. The van der Waals surface area contributed by atoms with Gasteiger partial charge in [0.15, 0.2) is 5.13 Å². The van der Waals surface area contributed by atoms with Crippen molar-refractivity contribution < 1.29 is 14.4 Å². The highest BCUT2D eigenvalue weighted by molar-refractivity contribution is 7.22. The van der Waals surface area contributed by atoms with Gasteiger partial charge in [0.25, 0.3) is 5.91 Å². The number of morpholine rings is 1. The number of aromatic nitrogens is 1. The minimum Gasteiger partial charge on any atom is -0.370 e. The predicted molar refractivity (Wildman–Crippen MR) is 123 cm³/mol. The summed E-state index contributed by atoms with van der Waals surface area (Å²) in [5, 5.41) is 0.793. The zero-order chi connectivity index (χ0) is 21.1. The monoisotopic (exact) mass is 424 g/mol. The van der Waals surface area contributed by atoms with Crippen LogP contribution in [-0.4, -0.2) is 50.3 Å². The van der Waals surface area contributed by atoms with Gasteiger partial charge in [0.1, 0.15) is 13.1 Å². The summed E-state index contributed by atoms with van der Waals surface area (Å²) in [6.07, 6.45) is 0.945. The van der Waals surface area contributed by atoms with Crippen LogP contribution in [0.25, 0.3) is 10.2 Å². The van der Waals surface area contributed by atoms with Crippen LogP contribution < -0.4 is 9.80 Å². The number of fused-ring (bicyclic) bond motifs is 1. The van der Waals surface area contributed by atoms with E-state index in [-0.39, 0.29) is 5.91 Å². The van der Waals surface area contributed by atoms with Crippen molar-refractivity contribution in [3.05, 3.63) is 58.7 Å². The molecule has 0 bridgehead atoms. The number of hydrogen-bond donors (Lipinski definition) is 1. The second-order valence-corrected chi connectivity index (χ2v) is 9.17. The second-order valence-electron chi connectivity index (χ2n) is 8.16. The smallest absolute Gasteiger partial charge is 0.260 e. The van der Waals surface area contributed by atoms with Gasteiger partial charge in [-0.3, -0.25) is 9.69 Å². The fourth-order valence-corrected chi connectivity index (χ4v) is 5.14. The molecule has 2 heterocycles. The Labute approximate surface area is 182 Å². The van der Waals surface area contributed by atoms with Crippen LogP contribution in [0, 0.1) is 20.8 Å². The van der Waals surface area contributed by atoms with E-state index in [2.05, 4.69) is 38.1 Å². The number of ether oxygens (including phenoxy) is 1. The molecule has 0 unspecified atom stereocenters. The molecule has 1 aliphatic heterocycles. The van der Waals surface area contributed by atoms with E-state index in [0.29, 0.717) is 6.54 Å². The van der Waals surface area contributed by atoms with E-state index >= 15 is 0 Å². The SMILES string of the molecule is Cc1ccc(C(=O)N(CCC[NH+]2CCOCC2)c2nc3c(C)cccc3s2)c(C)c1. The van der Waals surface area contributed by atoms with Gasteiger partial charge < -0.3 is 9.64 Å². The van der Waals surface area contributed by atoms with Crippen molar-refractivity contribution in [1.82, 2.24) is 4.98 Å². The number of hydrogen-bond acceptors (Lipinski definition) is 4. The maximum absolute atomic E-state index is 13.6. The quantitative estimate of drug-likeness (QED) is 0.661. The topological polar surface area (TPSA) is 46.9 Å². The van der Waals surface area contributed by atoms with Gasteiger partial charge in [0, 0.05) is 18.5 Å². The van der Waals surface area contributed by atoms with Crippen molar-refractivity contribution in [3.63, 3.8) is 0 Å². The lowest BCUT2D eigenvalue weighted by atomic mass is 10.0. The lowest BCUT2D eigenvalue weighted by molar-refractivity contribution is -0.908. The summed E-state index contributed by atoms with van der Waals surface area (Å²) in [6, 6.07) is 12.2. The molecule has 0 spiro atoms. The molecule has 5 nitrogen and oxygen atoms in total. The molecule has 0 atom stereocenters. The van der Waals surface area contributed by atoms with Gasteiger partial charge in [0.2, 0.25) is 0 Å². The van der Waals surface area contributed by atoms with E-state index in [0.717, 1.165) is 71.3 Å². The van der Waals surface area contributed by atoms with E-state index in [4.69, 9.17) is 9.72 Å². The van der Waals surface area contributed by atoms with E-state index in [1.807, 2.05) is 24.0 Å². The van der Waals surface area contributed by atoms with Gasteiger partial charge in [0.05, 0.1) is 30.0 Å². The molecule has 2 aromatic carbocycles. The van der Waals surface area contributed by atoms with Gasteiger partial charge in [-0.15, -0.1) is 0 Å². The first-order chi connectivity index (χ1) is 14.5. The zero-order valence-corrected chi connectivity index (χ0v) is 18.8. The molecule has 0 aliphatic carbocycles. The molecule has 1 amide bonds. The maximum Gasteiger partial charge on any atom is 0.260 e. The first-order valence-electron chi connectivity index (χ1n) is 10.7. The Balaban J connectivity index is 1.61. The minimum absolute atomic E-state index is 0.0428. The Bertz CT molecular complexity index is 1040. The minimum atomic E-state index is 0.0428. The summed E-state index contributed by atoms with van der Waals surface area (Å²) in [7, 11) is 0. The molecule has 1 fully saturated rings. The molecule has 0 radical (unpaired) electrons. The number of nitrogens with one attached hydrogen (secondary N) is 1. The van der Waals surface area contributed by atoms with Crippen LogP contribution in [0.4, 0.5) is 5.13 Å². The maximum atomic E-state index is 13.6. The summed E-state index contributed by atoms with van der Waals surface area (Å²) >= 11 is 1.60. The Morgan fingerprint density at radius 3 is 2.67 bits per heavy atom. The number of rotatable bonds is 6. The van der Waals surface area contributed by atoms with E-state index < -0.39 is 0 Å². The van der Waals surface area contributed by atoms with Crippen molar-refractivity contribution in [2.45, 2.75) is 27.2 Å². The molecule has 3 aromatic rings. The molecule has 6 heteroatoms. The standard InChI is InChI=1S/C24H29N3O2S/c1-17-8-9-20(19(3)16-17)23(28)27(11-5-10-26-12-14-29-15-13-26)24-25-22-18(2)6-4-7-21(22)30-24/h4,6-9,16H,5,10-15H2,1-3H3/p+1. The number of para-hydroxylation sites is 1. The average Bonchev–Trinajstić information content (AvgIpc) is 3.17. The van der Waals surface area contributed by atoms with Gasteiger partial charge >= 0.3 is 0 Å². The average molecular weight is 425 g/mol. The number of thiazole rings is 1. The number of carbonyl (C=O) groups is 1. The van der Waals surface area contributed by atoms with Crippen molar-refractivity contribution in [2.75, 3.05) is 44.3 Å². The van der Waals surface area contributed by atoms with Gasteiger partial charge in [-0.25, -0.2) is 4.98 Å². The fourth-order valence-electron chi connectivity index (χ4n) is 4.07. The van der Waals surface area contributed by atoms with E-state index in [1.54, 1.807) is 16.2 Å². The van der Waals surface area contributed by atoms with Crippen LogP contribution in [0.5, 0.6) is 0 Å². The summed E-state index contributed by atoms with van der Waals surface area (Å²) in [5.41, 5.74) is 5.08. The Morgan fingerprint density at radius 2 is 1.93 bits per heavy atom. The first-order valence-corrected chi connectivity index (χ1v) is 11.5. The second kappa shape index (κ2) is 9.25. The van der Waals surface area contributed by atoms with Gasteiger partial charge in [-0.1, -0.05) is 41.2 Å². The molecule has 1 aromatic heterocycles. The summed E-state index contributed by atoms with van der Waals surface area (Å²) in [5.74, 6) is 0.0428. The lowest BCUT2D eigenvalue weighted by Gasteiger charge is -2.25. The molecule has 1 N–H and O–H groups in total. The third-order valence-corrected chi connectivity index (χ3v) is 6.85. The fraction of sp³-hybridized carbons (Fsp3) is 0.417. The van der Waals surface area contributed by atoms with Crippen LogP contribution in [0.15, 0.2) is 36.4 Å².